The van der Waals surface area contributed by atoms with Gasteiger partial charge in [-0.15, -0.1) is 0 Å². The number of rotatable bonds is 1. The van der Waals surface area contributed by atoms with Crippen LogP contribution in [0.4, 0.5) is 0 Å². The van der Waals surface area contributed by atoms with Crippen molar-refractivity contribution in [3.05, 3.63) is 0 Å². The van der Waals surface area contributed by atoms with Crippen LogP contribution < -0.4 is 0 Å². The molecule has 0 bridgehead atoms. The van der Waals surface area contributed by atoms with Gasteiger partial charge in [0.25, 0.3) is 0 Å². The maximum Gasteiger partial charge on any atom is 0.0576 e. The number of hydrogen-bond acceptors (Lipinski definition) is 2. The second-order valence-corrected chi connectivity index (χ2v) is 3.08. The van der Waals surface area contributed by atoms with Crippen LogP contribution in [0.25, 0.3) is 0 Å². The van der Waals surface area contributed by atoms with Crippen LogP contribution in [-0.4, -0.2) is 10.9 Å². The third-order valence-corrected chi connectivity index (χ3v) is 2.08. The van der Waals surface area contributed by atoms with Crippen molar-refractivity contribution in [3.63, 3.8) is 0 Å². The summed E-state index contributed by atoms with van der Waals surface area (Å²) in [5.74, 6) is 1.52. The molecular formula is C7H13NO. The van der Waals surface area contributed by atoms with E-state index in [0.717, 1.165) is 30.4 Å². The second kappa shape index (κ2) is 2.38. The molecule has 0 heterocycles. The van der Waals surface area contributed by atoms with E-state index >= 15 is 0 Å². The molecule has 1 aliphatic rings. The quantitative estimate of drug-likeness (QED) is 0.423. The van der Waals surface area contributed by atoms with Crippen LogP contribution in [0.5, 0.6) is 0 Å². The van der Waals surface area contributed by atoms with E-state index in [9.17, 15) is 0 Å². The van der Waals surface area contributed by atoms with Crippen LogP contribution in [0.15, 0.2) is 5.16 Å². The summed E-state index contributed by atoms with van der Waals surface area (Å²) < 4.78 is 0. The monoisotopic (exact) mass is 127 g/mol. The highest BCUT2D eigenvalue weighted by atomic mass is 16.4. The van der Waals surface area contributed by atoms with Crippen LogP contribution in [0.3, 0.4) is 0 Å². The Bertz CT molecular complexity index is 121. The van der Waals surface area contributed by atoms with E-state index in [-0.39, 0.29) is 0 Å². The van der Waals surface area contributed by atoms with Crippen LogP contribution in [0.1, 0.15) is 26.7 Å². The van der Waals surface area contributed by atoms with Crippen LogP contribution in [0, 0.1) is 11.8 Å². The maximum atomic E-state index is 8.27. The zero-order valence-electron chi connectivity index (χ0n) is 5.96. The van der Waals surface area contributed by atoms with Crippen molar-refractivity contribution in [2.24, 2.45) is 17.0 Å². The zero-order valence-corrected chi connectivity index (χ0v) is 5.96. The molecule has 1 aliphatic carbocycles. The highest BCUT2D eigenvalue weighted by Crippen LogP contribution is 2.30. The van der Waals surface area contributed by atoms with E-state index in [1.165, 1.54) is 0 Å². The number of oxime groups is 1. The van der Waals surface area contributed by atoms with Gasteiger partial charge in [-0.25, -0.2) is 0 Å². The molecule has 0 spiro atoms. The van der Waals surface area contributed by atoms with Crippen molar-refractivity contribution < 1.29 is 5.21 Å². The Labute approximate surface area is 55.6 Å². The standard InChI is InChI=1S/C7H13NO/c1-5(2)6-3-7(4-6)8-9/h5-6,9H,3-4H2,1-2H3. The largest absolute Gasteiger partial charge is 0.411 e. The van der Waals surface area contributed by atoms with Gasteiger partial charge in [-0.3, -0.25) is 0 Å². The fourth-order valence-electron chi connectivity index (χ4n) is 1.10. The minimum atomic E-state index is 0.746. The predicted octanol–water partition coefficient (Wildman–Crippen LogP) is 1.88. The fourth-order valence-corrected chi connectivity index (χ4v) is 1.10. The van der Waals surface area contributed by atoms with Crippen molar-refractivity contribution in [2.75, 3.05) is 0 Å². The molecule has 1 rings (SSSR count). The van der Waals surface area contributed by atoms with Crippen LogP contribution in [-0.2, 0) is 0 Å². The lowest BCUT2D eigenvalue weighted by atomic mass is 9.76. The summed E-state index contributed by atoms with van der Waals surface area (Å²) >= 11 is 0. The Morgan fingerprint density at radius 1 is 1.56 bits per heavy atom. The minimum absolute atomic E-state index is 0.746. The van der Waals surface area contributed by atoms with Crippen molar-refractivity contribution in [3.8, 4) is 0 Å². The van der Waals surface area contributed by atoms with Crippen molar-refractivity contribution in [2.45, 2.75) is 26.7 Å². The Hall–Kier alpha value is -0.530. The lowest BCUT2D eigenvalue weighted by Gasteiger charge is -2.29. The van der Waals surface area contributed by atoms with Gasteiger partial charge in [0.1, 0.15) is 0 Å². The Kier molecular flexibility index (Phi) is 1.74. The summed E-state index contributed by atoms with van der Waals surface area (Å²) in [6.07, 6.45) is 2.02. The molecule has 0 aromatic heterocycles. The van der Waals surface area contributed by atoms with E-state index in [4.69, 9.17) is 5.21 Å². The molecule has 0 aromatic carbocycles. The molecule has 9 heavy (non-hydrogen) atoms. The van der Waals surface area contributed by atoms with Gasteiger partial charge in [-0.2, -0.15) is 0 Å². The average molecular weight is 127 g/mol. The van der Waals surface area contributed by atoms with Crippen LogP contribution in [0.2, 0.25) is 0 Å². The first-order valence-corrected chi connectivity index (χ1v) is 3.44. The van der Waals surface area contributed by atoms with E-state index in [0.29, 0.717) is 0 Å². The summed E-state index contributed by atoms with van der Waals surface area (Å²) in [6, 6.07) is 0. The molecule has 2 heteroatoms. The zero-order chi connectivity index (χ0) is 6.85. The first-order chi connectivity index (χ1) is 4.24. The lowest BCUT2D eigenvalue weighted by molar-refractivity contribution is 0.291. The third-order valence-electron chi connectivity index (χ3n) is 2.08. The van der Waals surface area contributed by atoms with E-state index in [1.807, 2.05) is 0 Å². The minimum Gasteiger partial charge on any atom is -0.411 e. The van der Waals surface area contributed by atoms with Crippen LogP contribution >= 0.6 is 0 Å². The topological polar surface area (TPSA) is 32.6 Å². The first kappa shape index (κ1) is 6.59. The first-order valence-electron chi connectivity index (χ1n) is 3.44. The van der Waals surface area contributed by atoms with Gasteiger partial charge in [0.2, 0.25) is 0 Å². The normalized spacial score (nSPS) is 26.1. The number of nitrogens with zero attached hydrogens (tertiary/aromatic N) is 1. The van der Waals surface area contributed by atoms with Crippen molar-refractivity contribution in [1.29, 1.82) is 0 Å². The summed E-state index contributed by atoms with van der Waals surface area (Å²) in [6.45, 7) is 4.41. The summed E-state index contributed by atoms with van der Waals surface area (Å²) in [5.41, 5.74) is 0.966. The van der Waals surface area contributed by atoms with E-state index in [2.05, 4.69) is 19.0 Å². The van der Waals surface area contributed by atoms with Gasteiger partial charge in [-0.1, -0.05) is 19.0 Å². The van der Waals surface area contributed by atoms with E-state index in [1.54, 1.807) is 0 Å². The Morgan fingerprint density at radius 2 is 2.11 bits per heavy atom. The molecule has 52 valence electrons. The molecule has 0 atom stereocenters. The van der Waals surface area contributed by atoms with Gasteiger partial charge in [0.15, 0.2) is 0 Å². The lowest BCUT2D eigenvalue weighted by Crippen LogP contribution is -2.27. The van der Waals surface area contributed by atoms with Crippen molar-refractivity contribution >= 4 is 5.71 Å². The van der Waals surface area contributed by atoms with Gasteiger partial charge in [-0.05, 0) is 24.7 Å². The molecular weight excluding hydrogens is 114 g/mol. The average Bonchev–Trinajstić information content (AvgIpc) is 1.61. The summed E-state index contributed by atoms with van der Waals surface area (Å²) in [4.78, 5) is 0. The molecule has 1 fully saturated rings. The van der Waals surface area contributed by atoms with Gasteiger partial charge in [0, 0.05) is 0 Å². The van der Waals surface area contributed by atoms with Gasteiger partial charge >= 0.3 is 0 Å². The molecule has 2 nitrogen and oxygen atoms in total. The van der Waals surface area contributed by atoms with Crippen molar-refractivity contribution in [1.82, 2.24) is 0 Å². The van der Waals surface area contributed by atoms with Gasteiger partial charge < -0.3 is 5.21 Å². The highest BCUT2D eigenvalue weighted by Gasteiger charge is 2.27. The highest BCUT2D eigenvalue weighted by molar-refractivity contribution is 5.89. The SMILES string of the molecule is CC(C)C1CC(=NO)C1. The smallest absolute Gasteiger partial charge is 0.0576 e. The molecule has 0 aromatic rings. The number of hydrogen-bond donors (Lipinski definition) is 1. The van der Waals surface area contributed by atoms with Gasteiger partial charge in [0.05, 0.1) is 5.71 Å². The second-order valence-electron chi connectivity index (χ2n) is 3.08. The molecule has 1 saturated carbocycles. The third kappa shape index (κ3) is 1.23. The Balaban J connectivity index is 2.27. The molecule has 0 unspecified atom stereocenters. The summed E-state index contributed by atoms with van der Waals surface area (Å²) in [7, 11) is 0. The summed E-state index contributed by atoms with van der Waals surface area (Å²) in [5, 5.41) is 11.4. The molecule has 0 radical (unpaired) electrons. The molecule has 0 aliphatic heterocycles. The maximum absolute atomic E-state index is 8.27. The molecule has 0 saturated heterocycles. The molecule has 0 amide bonds. The fraction of sp³-hybridized carbons (Fsp3) is 0.857. The predicted molar refractivity (Wildman–Crippen MR) is 36.8 cm³/mol. The Morgan fingerprint density at radius 3 is 2.44 bits per heavy atom. The molecule has 1 N–H and O–H groups in total. The van der Waals surface area contributed by atoms with E-state index < -0.39 is 0 Å².